The van der Waals surface area contributed by atoms with E-state index < -0.39 is 15.1 Å². The number of hydrogen-bond donors (Lipinski definition) is 1. The van der Waals surface area contributed by atoms with Gasteiger partial charge < -0.3 is 5.21 Å². The van der Waals surface area contributed by atoms with Crippen LogP contribution in [-0.2, 0) is 9.84 Å². The van der Waals surface area contributed by atoms with E-state index in [4.69, 9.17) is 28.4 Å². The van der Waals surface area contributed by atoms with Crippen molar-refractivity contribution in [3.05, 3.63) is 33.8 Å². The van der Waals surface area contributed by atoms with Crippen LogP contribution in [-0.4, -0.2) is 30.8 Å². The van der Waals surface area contributed by atoms with Crippen LogP contribution in [0.1, 0.15) is 18.9 Å². The molecule has 1 atom stereocenters. The Kier molecular flexibility index (Phi) is 5.01. The van der Waals surface area contributed by atoms with Crippen molar-refractivity contribution in [1.29, 1.82) is 0 Å². The Labute approximate surface area is 116 Å². The second-order valence-electron chi connectivity index (χ2n) is 3.84. The van der Waals surface area contributed by atoms with Gasteiger partial charge in [0.05, 0.1) is 5.02 Å². The van der Waals surface area contributed by atoms with E-state index in [2.05, 4.69) is 5.16 Å². The molecule has 100 valence electrons. The highest BCUT2D eigenvalue weighted by atomic mass is 35.5. The van der Waals surface area contributed by atoms with Crippen LogP contribution >= 0.6 is 23.2 Å². The lowest BCUT2D eigenvalue weighted by atomic mass is 10.1. The lowest BCUT2D eigenvalue weighted by Gasteiger charge is -2.15. The largest absolute Gasteiger partial charge is 0.411 e. The molecule has 1 aromatic rings. The smallest absolute Gasteiger partial charge is 0.156 e. The summed E-state index contributed by atoms with van der Waals surface area (Å²) < 4.78 is 23.3. The number of nitrogens with zero attached hydrogens (tertiary/aromatic N) is 1. The van der Waals surface area contributed by atoms with Crippen molar-refractivity contribution in [3.8, 4) is 0 Å². The summed E-state index contributed by atoms with van der Waals surface area (Å²) >= 11 is 11.7. The molecule has 0 amide bonds. The lowest BCUT2D eigenvalue weighted by molar-refractivity contribution is 0.318. The summed E-state index contributed by atoms with van der Waals surface area (Å²) in [5, 5.41) is 11.9. The van der Waals surface area contributed by atoms with Crippen molar-refractivity contribution >= 4 is 38.8 Å². The molecule has 0 fully saturated rings. The molecule has 0 heterocycles. The van der Waals surface area contributed by atoms with E-state index in [1.165, 1.54) is 12.1 Å². The summed E-state index contributed by atoms with van der Waals surface area (Å²) in [5.74, 6) is 0. The second kappa shape index (κ2) is 5.91. The summed E-state index contributed by atoms with van der Waals surface area (Å²) in [7, 11) is -3.38. The molecule has 1 aromatic carbocycles. The summed E-state index contributed by atoms with van der Waals surface area (Å²) in [5.41, 5.74) is 0.391. The average molecular weight is 310 g/mol. The number of halogens is 2. The van der Waals surface area contributed by atoms with Gasteiger partial charge in [-0.25, -0.2) is 8.42 Å². The van der Waals surface area contributed by atoms with Gasteiger partial charge in [-0.3, -0.25) is 0 Å². The molecular formula is C11H13Cl2NO3S. The van der Waals surface area contributed by atoms with Gasteiger partial charge in [-0.2, -0.15) is 0 Å². The number of benzene rings is 1. The van der Waals surface area contributed by atoms with Gasteiger partial charge in [-0.1, -0.05) is 35.3 Å². The van der Waals surface area contributed by atoms with Gasteiger partial charge in [0.2, 0.25) is 0 Å². The zero-order chi connectivity index (χ0) is 13.9. The SMILES string of the molecule is CC[C@H](/C(=N\O)c1ccc(Cl)cc1Cl)S(C)(=O)=O. The fraction of sp³-hybridized carbons (Fsp3) is 0.364. The molecule has 0 aliphatic heterocycles. The van der Waals surface area contributed by atoms with E-state index >= 15 is 0 Å². The molecule has 0 saturated heterocycles. The van der Waals surface area contributed by atoms with E-state index in [0.29, 0.717) is 10.6 Å². The quantitative estimate of drug-likeness (QED) is 0.528. The molecule has 0 aromatic heterocycles. The molecule has 4 nitrogen and oxygen atoms in total. The van der Waals surface area contributed by atoms with Crippen molar-refractivity contribution < 1.29 is 13.6 Å². The summed E-state index contributed by atoms with van der Waals surface area (Å²) in [6.07, 6.45) is 1.38. The first-order chi connectivity index (χ1) is 8.31. The van der Waals surface area contributed by atoms with Crippen molar-refractivity contribution in [2.24, 2.45) is 5.16 Å². The van der Waals surface area contributed by atoms with Crippen molar-refractivity contribution in [3.63, 3.8) is 0 Å². The van der Waals surface area contributed by atoms with Gasteiger partial charge in [0, 0.05) is 16.8 Å². The maximum absolute atomic E-state index is 11.7. The number of sulfone groups is 1. The molecule has 1 rings (SSSR count). The number of rotatable bonds is 4. The van der Waals surface area contributed by atoms with Crippen LogP contribution in [0.4, 0.5) is 0 Å². The minimum absolute atomic E-state index is 0.0293. The molecule has 0 bridgehead atoms. The Bertz CT molecular complexity index is 570. The monoisotopic (exact) mass is 309 g/mol. The van der Waals surface area contributed by atoms with Crippen LogP contribution in [0, 0.1) is 0 Å². The molecule has 0 spiro atoms. The Hall–Kier alpha value is -0.780. The van der Waals surface area contributed by atoms with Gasteiger partial charge in [0.15, 0.2) is 9.84 Å². The fourth-order valence-corrected chi connectivity index (χ4v) is 3.38. The van der Waals surface area contributed by atoms with Crippen LogP contribution in [0.2, 0.25) is 10.0 Å². The van der Waals surface area contributed by atoms with E-state index in [0.717, 1.165) is 6.26 Å². The Balaban J connectivity index is 3.35. The van der Waals surface area contributed by atoms with Gasteiger partial charge in [0.1, 0.15) is 11.0 Å². The van der Waals surface area contributed by atoms with E-state index in [1.807, 2.05) is 0 Å². The molecule has 0 aliphatic carbocycles. The van der Waals surface area contributed by atoms with Crippen LogP contribution in [0.3, 0.4) is 0 Å². The van der Waals surface area contributed by atoms with E-state index in [1.54, 1.807) is 13.0 Å². The third kappa shape index (κ3) is 3.37. The highest BCUT2D eigenvalue weighted by molar-refractivity contribution is 7.92. The van der Waals surface area contributed by atoms with Crippen molar-refractivity contribution in [1.82, 2.24) is 0 Å². The first-order valence-electron chi connectivity index (χ1n) is 5.17. The van der Waals surface area contributed by atoms with Crippen LogP contribution in [0.5, 0.6) is 0 Å². The second-order valence-corrected chi connectivity index (χ2v) is 6.91. The summed E-state index contributed by atoms with van der Waals surface area (Å²) in [6.45, 7) is 1.70. The first kappa shape index (κ1) is 15.3. The third-order valence-electron chi connectivity index (χ3n) is 2.51. The van der Waals surface area contributed by atoms with Gasteiger partial charge in [-0.15, -0.1) is 0 Å². The Morgan fingerprint density at radius 2 is 2.06 bits per heavy atom. The molecule has 7 heteroatoms. The van der Waals surface area contributed by atoms with Gasteiger partial charge in [0.25, 0.3) is 0 Å². The summed E-state index contributed by atoms with van der Waals surface area (Å²) in [6, 6.07) is 4.56. The molecule has 0 radical (unpaired) electrons. The van der Waals surface area contributed by atoms with Crippen LogP contribution < -0.4 is 0 Å². The fourth-order valence-electron chi connectivity index (χ4n) is 1.69. The highest BCUT2D eigenvalue weighted by Gasteiger charge is 2.28. The first-order valence-corrected chi connectivity index (χ1v) is 7.88. The molecule has 0 unspecified atom stereocenters. The average Bonchev–Trinajstić information content (AvgIpc) is 2.25. The molecule has 0 saturated carbocycles. The predicted molar refractivity (Wildman–Crippen MR) is 73.7 cm³/mol. The standard InChI is InChI=1S/C11H13Cl2NO3S/c1-3-10(18(2,16)17)11(14-15)8-5-4-7(12)6-9(8)13/h4-6,10,15H,3H2,1-2H3/b14-11-/t10-/m1/s1. The summed E-state index contributed by atoms with van der Waals surface area (Å²) in [4.78, 5) is 0. The zero-order valence-corrected chi connectivity index (χ0v) is 12.2. The normalized spacial score (nSPS) is 14.6. The van der Waals surface area contributed by atoms with Gasteiger partial charge >= 0.3 is 0 Å². The zero-order valence-electron chi connectivity index (χ0n) is 9.89. The van der Waals surface area contributed by atoms with E-state index in [9.17, 15) is 8.42 Å². The maximum atomic E-state index is 11.7. The Morgan fingerprint density at radius 3 is 2.44 bits per heavy atom. The number of oxime groups is 1. The topological polar surface area (TPSA) is 66.7 Å². The van der Waals surface area contributed by atoms with Crippen LogP contribution in [0.25, 0.3) is 0 Å². The maximum Gasteiger partial charge on any atom is 0.156 e. The minimum Gasteiger partial charge on any atom is -0.411 e. The van der Waals surface area contributed by atoms with E-state index in [-0.39, 0.29) is 17.2 Å². The predicted octanol–water partition coefficient (Wildman–Crippen LogP) is 2.99. The highest BCUT2D eigenvalue weighted by Crippen LogP contribution is 2.24. The van der Waals surface area contributed by atoms with Crippen molar-refractivity contribution in [2.45, 2.75) is 18.6 Å². The van der Waals surface area contributed by atoms with Crippen LogP contribution in [0.15, 0.2) is 23.4 Å². The van der Waals surface area contributed by atoms with Crippen molar-refractivity contribution in [2.75, 3.05) is 6.26 Å². The Morgan fingerprint density at radius 1 is 1.44 bits per heavy atom. The lowest BCUT2D eigenvalue weighted by Crippen LogP contribution is -2.30. The third-order valence-corrected chi connectivity index (χ3v) is 4.65. The molecular weight excluding hydrogens is 297 g/mol. The minimum atomic E-state index is -3.38. The number of hydrogen-bond acceptors (Lipinski definition) is 4. The molecule has 18 heavy (non-hydrogen) atoms. The van der Waals surface area contributed by atoms with Gasteiger partial charge in [-0.05, 0) is 24.6 Å². The molecule has 0 aliphatic rings. The molecule has 1 N–H and O–H groups in total.